The highest BCUT2D eigenvalue weighted by Gasteiger charge is 2.58. The first kappa shape index (κ1) is 18.3. The third-order valence-electron chi connectivity index (χ3n) is 4.72. The molecular weight excluding hydrogens is 372 g/mol. The van der Waals surface area contributed by atoms with Crippen LogP contribution in [0.4, 0.5) is 28.9 Å². The van der Waals surface area contributed by atoms with Gasteiger partial charge in [-0.2, -0.15) is 13.2 Å². The van der Waals surface area contributed by atoms with Crippen LogP contribution in [-0.2, 0) is 12.0 Å². The SMILES string of the molecule is Nc1ccncc1CC1=Nc2ccc(F)cc2C(C#CC2CC2)(C(F)(F)F)N1. The first-order valence-electron chi connectivity index (χ1n) is 8.72. The molecule has 3 N–H and O–H groups in total. The van der Waals surface area contributed by atoms with E-state index in [2.05, 4.69) is 27.1 Å². The summed E-state index contributed by atoms with van der Waals surface area (Å²) in [6.07, 6.45) is -0.272. The van der Waals surface area contributed by atoms with E-state index in [0.29, 0.717) is 11.3 Å². The number of hydrogen-bond donors (Lipinski definition) is 2. The Bertz CT molecular complexity index is 1010. The molecule has 0 radical (unpaired) electrons. The molecule has 28 heavy (non-hydrogen) atoms. The molecule has 1 saturated carbocycles. The third kappa shape index (κ3) is 3.28. The highest BCUT2D eigenvalue weighted by atomic mass is 19.4. The zero-order valence-corrected chi connectivity index (χ0v) is 14.6. The molecule has 0 bridgehead atoms. The molecule has 8 heteroatoms. The van der Waals surface area contributed by atoms with Gasteiger partial charge in [-0.15, -0.1) is 0 Å². The lowest BCUT2D eigenvalue weighted by Gasteiger charge is -2.37. The van der Waals surface area contributed by atoms with Crippen LogP contribution in [-0.4, -0.2) is 17.0 Å². The number of fused-ring (bicyclic) bond motifs is 1. The number of nitrogens with zero attached hydrogens (tertiary/aromatic N) is 2. The topological polar surface area (TPSA) is 63.3 Å². The van der Waals surface area contributed by atoms with E-state index in [0.717, 1.165) is 25.0 Å². The van der Waals surface area contributed by atoms with Gasteiger partial charge in [0, 0.05) is 41.5 Å². The van der Waals surface area contributed by atoms with E-state index < -0.39 is 17.5 Å². The molecule has 1 aromatic heterocycles. The first-order chi connectivity index (χ1) is 13.3. The first-order valence-corrected chi connectivity index (χ1v) is 8.72. The fourth-order valence-corrected chi connectivity index (χ4v) is 3.04. The van der Waals surface area contributed by atoms with Crippen molar-refractivity contribution in [3.63, 3.8) is 0 Å². The standard InChI is InChI=1S/C20H16F4N4/c21-14-3-4-17-15(10-14)19(20(22,23)24,7-5-12-1-2-12)28-18(27-17)9-13-11-26-8-6-16(13)25/h3-4,6,8,10-12H,1-2,9H2,(H2,25,26)(H,27,28). The maximum absolute atomic E-state index is 14.3. The molecule has 1 aliphatic carbocycles. The van der Waals surface area contributed by atoms with Crippen molar-refractivity contribution in [2.24, 2.45) is 10.9 Å². The molecule has 1 aliphatic heterocycles. The molecule has 2 heterocycles. The highest BCUT2D eigenvalue weighted by molar-refractivity contribution is 5.91. The molecule has 1 aromatic carbocycles. The predicted molar refractivity (Wildman–Crippen MR) is 97.2 cm³/mol. The minimum atomic E-state index is -4.79. The second-order valence-electron chi connectivity index (χ2n) is 6.89. The Kier molecular flexibility index (Phi) is 4.26. The van der Waals surface area contributed by atoms with E-state index in [1.54, 1.807) is 6.07 Å². The maximum Gasteiger partial charge on any atom is 0.427 e. The summed E-state index contributed by atoms with van der Waals surface area (Å²) < 4.78 is 56.7. The number of benzene rings is 1. The summed E-state index contributed by atoms with van der Waals surface area (Å²) in [6.45, 7) is 0. The number of nitrogen functional groups attached to an aromatic ring is 1. The average molecular weight is 388 g/mol. The molecule has 0 saturated heterocycles. The number of hydrogen-bond acceptors (Lipinski definition) is 4. The average Bonchev–Trinajstić information content (AvgIpc) is 3.45. The van der Waals surface area contributed by atoms with Gasteiger partial charge in [-0.3, -0.25) is 4.98 Å². The van der Waals surface area contributed by atoms with Gasteiger partial charge in [-0.25, -0.2) is 9.38 Å². The van der Waals surface area contributed by atoms with E-state index in [-0.39, 0.29) is 29.4 Å². The number of rotatable bonds is 2. The fourth-order valence-electron chi connectivity index (χ4n) is 3.04. The fraction of sp³-hybridized carbons (Fsp3) is 0.300. The van der Waals surface area contributed by atoms with Crippen molar-refractivity contribution in [3.8, 4) is 11.8 Å². The Hall–Kier alpha value is -3.08. The molecule has 1 fully saturated rings. The smallest absolute Gasteiger partial charge is 0.398 e. The summed E-state index contributed by atoms with van der Waals surface area (Å²) >= 11 is 0. The number of halogens is 4. The molecular formula is C20H16F4N4. The Morgan fingerprint density at radius 1 is 1.25 bits per heavy atom. The summed E-state index contributed by atoms with van der Waals surface area (Å²) in [7, 11) is 0. The van der Waals surface area contributed by atoms with Crippen LogP contribution in [0.15, 0.2) is 41.7 Å². The Morgan fingerprint density at radius 3 is 2.71 bits per heavy atom. The maximum atomic E-state index is 14.3. The van der Waals surface area contributed by atoms with Crippen molar-refractivity contribution in [1.29, 1.82) is 0 Å². The van der Waals surface area contributed by atoms with Crippen LogP contribution in [0.5, 0.6) is 0 Å². The van der Waals surface area contributed by atoms with Gasteiger partial charge in [0.2, 0.25) is 5.54 Å². The Labute approximate surface area is 158 Å². The molecule has 1 unspecified atom stereocenters. The number of nitrogens with two attached hydrogens (primary N) is 1. The largest absolute Gasteiger partial charge is 0.427 e. The number of alkyl halides is 3. The van der Waals surface area contributed by atoms with E-state index in [9.17, 15) is 17.6 Å². The lowest BCUT2D eigenvalue weighted by molar-refractivity contribution is -0.177. The summed E-state index contributed by atoms with van der Waals surface area (Å²) in [5.74, 6) is 4.26. The highest BCUT2D eigenvalue weighted by Crippen LogP contribution is 2.45. The van der Waals surface area contributed by atoms with Crippen LogP contribution in [0.3, 0.4) is 0 Å². The zero-order chi connectivity index (χ0) is 19.9. The van der Waals surface area contributed by atoms with Crippen LogP contribution < -0.4 is 11.1 Å². The van der Waals surface area contributed by atoms with Gasteiger partial charge in [-0.1, -0.05) is 11.8 Å². The molecule has 4 rings (SSSR count). The molecule has 0 spiro atoms. The molecule has 2 aromatic rings. The second kappa shape index (κ2) is 6.51. The van der Waals surface area contributed by atoms with Crippen LogP contribution in [0.2, 0.25) is 0 Å². The minimum Gasteiger partial charge on any atom is -0.398 e. The molecule has 4 nitrogen and oxygen atoms in total. The number of anilines is 1. The van der Waals surface area contributed by atoms with Crippen molar-refractivity contribution in [1.82, 2.24) is 10.3 Å². The van der Waals surface area contributed by atoms with E-state index in [4.69, 9.17) is 5.73 Å². The number of aromatic nitrogens is 1. The number of aliphatic imine (C=N–C) groups is 1. The van der Waals surface area contributed by atoms with Gasteiger partial charge < -0.3 is 11.1 Å². The van der Waals surface area contributed by atoms with Gasteiger partial charge in [-0.05, 0) is 37.1 Å². The van der Waals surface area contributed by atoms with Crippen molar-refractivity contribution in [2.45, 2.75) is 31.0 Å². The summed E-state index contributed by atoms with van der Waals surface area (Å²) in [4.78, 5) is 8.22. The van der Waals surface area contributed by atoms with Crippen LogP contribution in [0.25, 0.3) is 0 Å². The summed E-state index contributed by atoms with van der Waals surface area (Å²) in [5.41, 5.74) is 3.77. The molecule has 1 atom stereocenters. The quantitative estimate of drug-likeness (QED) is 0.607. The van der Waals surface area contributed by atoms with E-state index in [1.807, 2.05) is 0 Å². The van der Waals surface area contributed by atoms with Crippen molar-refractivity contribution >= 4 is 17.2 Å². The number of pyridine rings is 1. The monoisotopic (exact) mass is 388 g/mol. The van der Waals surface area contributed by atoms with Crippen molar-refractivity contribution < 1.29 is 17.6 Å². The Morgan fingerprint density at radius 2 is 2.04 bits per heavy atom. The predicted octanol–water partition coefficient (Wildman–Crippen LogP) is 3.85. The van der Waals surface area contributed by atoms with Gasteiger partial charge in [0.25, 0.3) is 0 Å². The van der Waals surface area contributed by atoms with Gasteiger partial charge >= 0.3 is 6.18 Å². The zero-order valence-electron chi connectivity index (χ0n) is 14.6. The van der Waals surface area contributed by atoms with E-state index in [1.165, 1.54) is 18.5 Å². The van der Waals surface area contributed by atoms with Crippen molar-refractivity contribution in [3.05, 3.63) is 53.6 Å². The van der Waals surface area contributed by atoms with Crippen LogP contribution >= 0.6 is 0 Å². The lowest BCUT2D eigenvalue weighted by Crippen LogP contribution is -2.57. The second-order valence-corrected chi connectivity index (χ2v) is 6.89. The van der Waals surface area contributed by atoms with Crippen LogP contribution in [0, 0.1) is 23.6 Å². The Balaban J connectivity index is 1.85. The van der Waals surface area contributed by atoms with Gasteiger partial charge in [0.05, 0.1) is 5.69 Å². The third-order valence-corrected chi connectivity index (χ3v) is 4.72. The van der Waals surface area contributed by atoms with Crippen LogP contribution in [0.1, 0.15) is 24.0 Å². The molecule has 144 valence electrons. The van der Waals surface area contributed by atoms with E-state index >= 15 is 0 Å². The normalized spacial score (nSPS) is 21.1. The van der Waals surface area contributed by atoms with Gasteiger partial charge in [0.15, 0.2) is 0 Å². The number of amidine groups is 1. The lowest BCUT2D eigenvalue weighted by atomic mass is 9.86. The minimum absolute atomic E-state index is 0.0133. The molecule has 2 aliphatic rings. The molecule has 0 amide bonds. The summed E-state index contributed by atoms with van der Waals surface area (Å²) in [5, 5.41) is 2.45. The summed E-state index contributed by atoms with van der Waals surface area (Å²) in [6, 6.07) is 4.72. The number of nitrogens with one attached hydrogen (secondary N) is 1. The van der Waals surface area contributed by atoms with Gasteiger partial charge in [0.1, 0.15) is 11.7 Å². The van der Waals surface area contributed by atoms with Crippen molar-refractivity contribution in [2.75, 3.05) is 5.73 Å².